The number of fused-ring (bicyclic) bond motifs is 1. The van der Waals surface area contributed by atoms with E-state index in [0.717, 1.165) is 11.3 Å². The number of carbonyl (C=O) groups excluding carboxylic acids is 1. The van der Waals surface area contributed by atoms with E-state index in [1.54, 1.807) is 0 Å². The molecule has 30 heavy (non-hydrogen) atoms. The van der Waals surface area contributed by atoms with Gasteiger partial charge in [-0.25, -0.2) is 13.4 Å². The molecule has 1 aliphatic rings. The normalized spacial score (nSPS) is 14.5. The van der Waals surface area contributed by atoms with Gasteiger partial charge in [0, 0.05) is 24.0 Å². The van der Waals surface area contributed by atoms with Crippen LogP contribution in [0.1, 0.15) is 46.9 Å². The fourth-order valence-corrected chi connectivity index (χ4v) is 5.67. The van der Waals surface area contributed by atoms with Crippen molar-refractivity contribution in [2.45, 2.75) is 37.6 Å². The van der Waals surface area contributed by atoms with Gasteiger partial charge in [0.25, 0.3) is 5.91 Å². The van der Waals surface area contributed by atoms with Gasteiger partial charge >= 0.3 is 0 Å². The van der Waals surface area contributed by atoms with Crippen molar-refractivity contribution >= 4 is 32.4 Å². The maximum atomic E-state index is 13.1. The van der Waals surface area contributed by atoms with Crippen LogP contribution in [-0.4, -0.2) is 30.2 Å². The molecule has 0 unspecified atom stereocenters. The standard InChI is InChI=1S/C22H23N3O3S2/c1-15(2)20-14-29-22(23-20)24-21(26)17-7-9-19(10-8-17)30(27,28)25-12-11-16-5-3-4-6-18(16)13-25/h3-10,14-15H,11-13H2,1-2H3,(H,23,24,26). The van der Waals surface area contributed by atoms with Crippen LogP contribution < -0.4 is 5.32 Å². The van der Waals surface area contributed by atoms with Gasteiger partial charge in [0.15, 0.2) is 5.13 Å². The van der Waals surface area contributed by atoms with Crippen molar-refractivity contribution in [2.75, 3.05) is 11.9 Å². The fraction of sp³-hybridized carbons (Fsp3) is 0.273. The van der Waals surface area contributed by atoms with E-state index in [9.17, 15) is 13.2 Å². The molecule has 2 heterocycles. The number of nitrogens with one attached hydrogen (secondary N) is 1. The molecule has 0 spiro atoms. The molecule has 0 saturated carbocycles. The van der Waals surface area contributed by atoms with Crippen LogP contribution >= 0.6 is 11.3 Å². The minimum atomic E-state index is -3.62. The van der Waals surface area contributed by atoms with Crippen molar-refractivity contribution in [1.29, 1.82) is 0 Å². The van der Waals surface area contributed by atoms with Crippen LogP contribution in [0, 0.1) is 0 Å². The van der Waals surface area contributed by atoms with Gasteiger partial charge in [-0.2, -0.15) is 4.31 Å². The van der Waals surface area contributed by atoms with Crippen molar-refractivity contribution in [1.82, 2.24) is 9.29 Å². The average molecular weight is 442 g/mol. The SMILES string of the molecule is CC(C)c1csc(NC(=O)c2ccc(S(=O)(=O)N3CCc4ccccc4C3)cc2)n1. The van der Waals surface area contributed by atoms with E-state index < -0.39 is 10.0 Å². The van der Waals surface area contributed by atoms with E-state index in [4.69, 9.17) is 0 Å². The Kier molecular flexibility index (Phi) is 5.73. The molecule has 3 aromatic rings. The first-order valence-electron chi connectivity index (χ1n) is 9.78. The van der Waals surface area contributed by atoms with Crippen molar-refractivity contribution in [3.63, 3.8) is 0 Å². The van der Waals surface area contributed by atoms with Gasteiger partial charge in [0.1, 0.15) is 0 Å². The number of carbonyl (C=O) groups is 1. The molecule has 0 fully saturated rings. The highest BCUT2D eigenvalue weighted by Crippen LogP contribution is 2.26. The predicted molar refractivity (Wildman–Crippen MR) is 118 cm³/mol. The highest BCUT2D eigenvalue weighted by atomic mass is 32.2. The summed E-state index contributed by atoms with van der Waals surface area (Å²) >= 11 is 1.38. The van der Waals surface area contributed by atoms with Gasteiger partial charge in [0.05, 0.1) is 10.6 Å². The number of hydrogen-bond acceptors (Lipinski definition) is 5. The Balaban J connectivity index is 1.48. The summed E-state index contributed by atoms with van der Waals surface area (Å²) in [5, 5.41) is 5.23. The molecule has 0 radical (unpaired) electrons. The Morgan fingerprint density at radius 3 is 2.47 bits per heavy atom. The van der Waals surface area contributed by atoms with Crippen molar-refractivity contribution in [3.8, 4) is 0 Å². The Labute approximate surface area is 180 Å². The summed E-state index contributed by atoms with van der Waals surface area (Å²) in [6, 6.07) is 14.0. The lowest BCUT2D eigenvalue weighted by molar-refractivity contribution is 0.102. The molecule has 0 bridgehead atoms. The van der Waals surface area contributed by atoms with Crippen LogP contribution in [0.3, 0.4) is 0 Å². The highest BCUT2D eigenvalue weighted by molar-refractivity contribution is 7.89. The number of nitrogens with zero attached hydrogens (tertiary/aromatic N) is 2. The number of hydrogen-bond donors (Lipinski definition) is 1. The quantitative estimate of drug-likeness (QED) is 0.641. The van der Waals surface area contributed by atoms with Gasteiger partial charge in [0.2, 0.25) is 10.0 Å². The second-order valence-electron chi connectivity index (χ2n) is 7.57. The summed E-state index contributed by atoms with van der Waals surface area (Å²) < 4.78 is 27.6. The number of aromatic nitrogens is 1. The van der Waals surface area contributed by atoms with Crippen LogP contribution in [0.5, 0.6) is 0 Å². The molecule has 0 aliphatic carbocycles. The third-order valence-corrected chi connectivity index (χ3v) is 7.82. The molecule has 6 nitrogen and oxygen atoms in total. The molecule has 8 heteroatoms. The molecule has 1 amide bonds. The van der Waals surface area contributed by atoms with Gasteiger partial charge < -0.3 is 0 Å². The summed E-state index contributed by atoms with van der Waals surface area (Å²) in [5.41, 5.74) is 3.55. The molecular weight excluding hydrogens is 418 g/mol. The minimum Gasteiger partial charge on any atom is -0.298 e. The number of sulfonamides is 1. The molecule has 1 N–H and O–H groups in total. The predicted octanol–water partition coefficient (Wildman–Crippen LogP) is 4.27. The van der Waals surface area contributed by atoms with Crippen LogP contribution in [0.25, 0.3) is 0 Å². The Morgan fingerprint density at radius 2 is 1.80 bits per heavy atom. The van der Waals surface area contributed by atoms with Gasteiger partial charge in [-0.1, -0.05) is 38.1 Å². The second-order valence-corrected chi connectivity index (χ2v) is 10.4. The van der Waals surface area contributed by atoms with Crippen LogP contribution in [-0.2, 0) is 23.0 Å². The van der Waals surface area contributed by atoms with Crippen molar-refractivity contribution < 1.29 is 13.2 Å². The smallest absolute Gasteiger partial charge is 0.257 e. The number of rotatable bonds is 5. The number of benzene rings is 2. The lowest BCUT2D eigenvalue weighted by Crippen LogP contribution is -2.35. The topological polar surface area (TPSA) is 79.4 Å². The number of amides is 1. The molecule has 156 valence electrons. The van der Waals surface area contributed by atoms with E-state index in [0.29, 0.717) is 30.2 Å². The summed E-state index contributed by atoms with van der Waals surface area (Å²) in [7, 11) is -3.62. The molecule has 1 aliphatic heterocycles. The molecule has 0 saturated heterocycles. The lowest BCUT2D eigenvalue weighted by Gasteiger charge is -2.28. The fourth-order valence-electron chi connectivity index (χ4n) is 3.38. The number of thiazole rings is 1. The minimum absolute atomic E-state index is 0.190. The second kappa shape index (κ2) is 8.29. The Hall–Kier alpha value is -2.55. The Bertz CT molecular complexity index is 1170. The van der Waals surface area contributed by atoms with Crippen LogP contribution in [0.2, 0.25) is 0 Å². The van der Waals surface area contributed by atoms with Crippen molar-refractivity contribution in [2.24, 2.45) is 0 Å². The summed E-state index contributed by atoms with van der Waals surface area (Å²) in [6.45, 7) is 4.90. The highest BCUT2D eigenvalue weighted by Gasteiger charge is 2.28. The van der Waals surface area contributed by atoms with E-state index in [2.05, 4.69) is 10.3 Å². The van der Waals surface area contributed by atoms with E-state index in [1.165, 1.54) is 45.5 Å². The first-order chi connectivity index (χ1) is 14.3. The summed E-state index contributed by atoms with van der Waals surface area (Å²) in [5.74, 6) is -0.0198. The maximum absolute atomic E-state index is 13.1. The third-order valence-electron chi connectivity index (χ3n) is 5.18. The monoisotopic (exact) mass is 441 g/mol. The lowest BCUT2D eigenvalue weighted by atomic mass is 10.0. The van der Waals surface area contributed by atoms with Gasteiger partial charge in [-0.05, 0) is 47.7 Å². The zero-order chi connectivity index (χ0) is 21.3. The summed E-state index contributed by atoms with van der Waals surface area (Å²) in [4.78, 5) is 17.1. The van der Waals surface area contributed by atoms with E-state index >= 15 is 0 Å². The van der Waals surface area contributed by atoms with Gasteiger partial charge in [-0.15, -0.1) is 11.3 Å². The molecule has 2 aromatic carbocycles. The van der Waals surface area contributed by atoms with Gasteiger partial charge in [-0.3, -0.25) is 10.1 Å². The number of anilines is 1. The largest absolute Gasteiger partial charge is 0.298 e. The zero-order valence-electron chi connectivity index (χ0n) is 16.8. The maximum Gasteiger partial charge on any atom is 0.257 e. The summed E-state index contributed by atoms with van der Waals surface area (Å²) in [6.07, 6.45) is 0.696. The third kappa shape index (κ3) is 4.16. The van der Waals surface area contributed by atoms with E-state index in [1.807, 2.05) is 43.5 Å². The molecule has 1 aromatic heterocycles. The van der Waals surface area contributed by atoms with Crippen molar-refractivity contribution in [3.05, 3.63) is 76.3 Å². The first-order valence-corrected chi connectivity index (χ1v) is 12.1. The van der Waals surface area contributed by atoms with Crippen LogP contribution in [0.4, 0.5) is 5.13 Å². The molecule has 0 atom stereocenters. The van der Waals surface area contributed by atoms with E-state index in [-0.39, 0.29) is 16.7 Å². The average Bonchev–Trinajstić information content (AvgIpc) is 3.22. The Morgan fingerprint density at radius 1 is 1.10 bits per heavy atom. The zero-order valence-corrected chi connectivity index (χ0v) is 18.5. The van der Waals surface area contributed by atoms with Crippen LogP contribution in [0.15, 0.2) is 58.8 Å². The first kappa shape index (κ1) is 20.7. The molecular formula is C22H23N3O3S2. The molecule has 4 rings (SSSR count).